The van der Waals surface area contributed by atoms with Crippen molar-refractivity contribution < 1.29 is 4.39 Å². The van der Waals surface area contributed by atoms with Gasteiger partial charge in [0, 0.05) is 16.5 Å². The summed E-state index contributed by atoms with van der Waals surface area (Å²) in [5.74, 6) is -0.260. The first-order valence-corrected chi connectivity index (χ1v) is 9.00. The van der Waals surface area contributed by atoms with Gasteiger partial charge in [0.15, 0.2) is 0 Å². The summed E-state index contributed by atoms with van der Waals surface area (Å²) in [6.07, 6.45) is 0.669. The first-order chi connectivity index (χ1) is 12.6. The third kappa shape index (κ3) is 3.33. The SMILES string of the molecule is Fc1ccc(C2=NN(c3ccccc3)[C@@H](c3ccc(Cl)cc3Cl)C2)cc1. The molecule has 130 valence electrons. The van der Waals surface area contributed by atoms with E-state index in [0.29, 0.717) is 16.5 Å². The summed E-state index contributed by atoms with van der Waals surface area (Å²) in [7, 11) is 0. The van der Waals surface area contributed by atoms with Gasteiger partial charge in [0.25, 0.3) is 0 Å². The van der Waals surface area contributed by atoms with Crippen molar-refractivity contribution in [2.45, 2.75) is 12.5 Å². The second-order valence-corrected chi connectivity index (χ2v) is 6.96. The van der Waals surface area contributed by atoms with Crippen LogP contribution in [0.15, 0.2) is 77.9 Å². The molecule has 0 aromatic heterocycles. The lowest BCUT2D eigenvalue weighted by Gasteiger charge is -2.24. The number of hydrazone groups is 1. The molecule has 4 rings (SSSR count). The quantitative estimate of drug-likeness (QED) is 0.503. The molecule has 0 spiro atoms. The molecule has 0 aliphatic carbocycles. The molecule has 1 aliphatic heterocycles. The smallest absolute Gasteiger partial charge is 0.123 e. The van der Waals surface area contributed by atoms with Crippen molar-refractivity contribution in [1.29, 1.82) is 0 Å². The predicted molar refractivity (Wildman–Crippen MR) is 106 cm³/mol. The van der Waals surface area contributed by atoms with E-state index in [4.69, 9.17) is 28.3 Å². The highest BCUT2D eigenvalue weighted by Crippen LogP contribution is 2.39. The Morgan fingerprint density at radius 3 is 2.35 bits per heavy atom. The van der Waals surface area contributed by atoms with Crippen molar-refractivity contribution in [3.8, 4) is 0 Å². The van der Waals surface area contributed by atoms with Gasteiger partial charge in [0.2, 0.25) is 0 Å². The van der Waals surface area contributed by atoms with Gasteiger partial charge in [-0.2, -0.15) is 5.10 Å². The molecule has 0 saturated carbocycles. The van der Waals surface area contributed by atoms with Crippen LogP contribution in [0.25, 0.3) is 0 Å². The molecule has 5 heteroatoms. The first kappa shape index (κ1) is 17.1. The Kier molecular flexibility index (Phi) is 4.66. The van der Waals surface area contributed by atoms with E-state index in [1.165, 1.54) is 12.1 Å². The molecule has 3 aromatic carbocycles. The van der Waals surface area contributed by atoms with E-state index in [0.717, 1.165) is 22.5 Å². The number of benzene rings is 3. The van der Waals surface area contributed by atoms with E-state index >= 15 is 0 Å². The highest BCUT2D eigenvalue weighted by atomic mass is 35.5. The van der Waals surface area contributed by atoms with Crippen LogP contribution in [0.5, 0.6) is 0 Å². The molecule has 2 nitrogen and oxygen atoms in total. The fourth-order valence-corrected chi connectivity index (χ4v) is 3.69. The van der Waals surface area contributed by atoms with Gasteiger partial charge in [0.1, 0.15) is 5.82 Å². The summed E-state index contributed by atoms with van der Waals surface area (Å²) in [4.78, 5) is 0. The topological polar surface area (TPSA) is 15.6 Å². The van der Waals surface area contributed by atoms with E-state index < -0.39 is 0 Å². The third-order valence-corrected chi connectivity index (χ3v) is 4.99. The van der Waals surface area contributed by atoms with E-state index in [9.17, 15) is 4.39 Å². The fourth-order valence-electron chi connectivity index (χ4n) is 3.16. The van der Waals surface area contributed by atoms with Gasteiger partial charge in [-0.05, 0) is 47.5 Å². The molecule has 0 fully saturated rings. The molecule has 1 atom stereocenters. The minimum Gasteiger partial charge on any atom is -0.257 e. The standard InChI is InChI=1S/C21H15Cl2FN2/c22-15-8-11-18(19(23)12-15)21-13-20(14-6-9-16(24)10-7-14)25-26(21)17-4-2-1-3-5-17/h1-12,21H,13H2/t21-/m1/s1. The van der Waals surface area contributed by atoms with E-state index in [1.54, 1.807) is 18.2 Å². The average Bonchev–Trinajstić information content (AvgIpc) is 3.08. The summed E-state index contributed by atoms with van der Waals surface area (Å²) in [6, 6.07) is 21.8. The van der Waals surface area contributed by atoms with Gasteiger partial charge in [-0.3, -0.25) is 5.01 Å². The Morgan fingerprint density at radius 1 is 0.923 bits per heavy atom. The molecular weight excluding hydrogens is 370 g/mol. The van der Waals surface area contributed by atoms with E-state index in [1.807, 2.05) is 47.5 Å². The molecule has 0 radical (unpaired) electrons. The lowest BCUT2D eigenvalue weighted by atomic mass is 9.98. The molecule has 1 heterocycles. The number of hydrogen-bond acceptors (Lipinski definition) is 2. The Labute approximate surface area is 161 Å². The minimum absolute atomic E-state index is 0.0535. The highest BCUT2D eigenvalue weighted by molar-refractivity contribution is 6.35. The predicted octanol–water partition coefficient (Wildman–Crippen LogP) is 6.49. The lowest BCUT2D eigenvalue weighted by Crippen LogP contribution is -2.18. The number of hydrogen-bond donors (Lipinski definition) is 0. The Hall–Kier alpha value is -2.36. The van der Waals surface area contributed by atoms with Crippen molar-refractivity contribution in [1.82, 2.24) is 0 Å². The van der Waals surface area contributed by atoms with Crippen molar-refractivity contribution >= 4 is 34.6 Å². The number of para-hydroxylation sites is 1. The van der Waals surface area contributed by atoms with E-state index in [-0.39, 0.29) is 11.9 Å². The zero-order valence-corrected chi connectivity index (χ0v) is 15.3. The lowest BCUT2D eigenvalue weighted by molar-refractivity contribution is 0.627. The molecule has 0 unspecified atom stereocenters. The summed E-state index contributed by atoms with van der Waals surface area (Å²) in [5, 5.41) is 7.99. The molecule has 0 N–H and O–H groups in total. The second kappa shape index (κ2) is 7.10. The maximum absolute atomic E-state index is 13.3. The van der Waals surface area contributed by atoms with Crippen molar-refractivity contribution in [2.24, 2.45) is 5.10 Å². The van der Waals surface area contributed by atoms with E-state index in [2.05, 4.69) is 0 Å². The maximum Gasteiger partial charge on any atom is 0.123 e. The molecule has 0 amide bonds. The Morgan fingerprint density at radius 2 is 1.65 bits per heavy atom. The molecule has 0 saturated heterocycles. The Bertz CT molecular complexity index is 956. The van der Waals surface area contributed by atoms with Crippen LogP contribution in [0.3, 0.4) is 0 Å². The monoisotopic (exact) mass is 384 g/mol. The van der Waals surface area contributed by atoms with Gasteiger partial charge in [-0.15, -0.1) is 0 Å². The van der Waals surface area contributed by atoms with Crippen LogP contribution in [-0.2, 0) is 0 Å². The summed E-state index contributed by atoms with van der Waals surface area (Å²) >= 11 is 12.5. The van der Waals surface area contributed by atoms with Crippen LogP contribution in [0, 0.1) is 5.82 Å². The van der Waals surface area contributed by atoms with Crippen LogP contribution < -0.4 is 5.01 Å². The van der Waals surface area contributed by atoms with Gasteiger partial charge in [0.05, 0.1) is 17.4 Å². The van der Waals surface area contributed by atoms with Crippen molar-refractivity contribution in [2.75, 3.05) is 5.01 Å². The first-order valence-electron chi connectivity index (χ1n) is 8.24. The highest BCUT2D eigenvalue weighted by Gasteiger charge is 2.31. The number of halogens is 3. The van der Waals surface area contributed by atoms with Crippen LogP contribution in [0.1, 0.15) is 23.6 Å². The normalized spacial score (nSPS) is 16.7. The van der Waals surface area contributed by atoms with Crippen molar-refractivity contribution in [3.63, 3.8) is 0 Å². The maximum atomic E-state index is 13.3. The summed E-state index contributed by atoms with van der Waals surface area (Å²) in [6.45, 7) is 0. The van der Waals surface area contributed by atoms with Gasteiger partial charge in [-0.1, -0.05) is 59.6 Å². The van der Waals surface area contributed by atoms with Crippen LogP contribution >= 0.6 is 23.2 Å². The van der Waals surface area contributed by atoms with Crippen molar-refractivity contribution in [3.05, 3.63) is 99.8 Å². The number of anilines is 1. The fraction of sp³-hybridized carbons (Fsp3) is 0.0952. The molecule has 0 bridgehead atoms. The third-order valence-electron chi connectivity index (χ3n) is 4.43. The van der Waals surface area contributed by atoms with Crippen LogP contribution in [0.4, 0.5) is 10.1 Å². The minimum atomic E-state index is -0.260. The average molecular weight is 385 g/mol. The molecule has 3 aromatic rings. The number of rotatable bonds is 3. The molecular formula is C21H15Cl2FN2. The summed E-state index contributed by atoms with van der Waals surface area (Å²) in [5.41, 5.74) is 3.73. The summed E-state index contributed by atoms with van der Waals surface area (Å²) < 4.78 is 13.3. The molecule has 1 aliphatic rings. The largest absolute Gasteiger partial charge is 0.257 e. The van der Waals surface area contributed by atoms with Gasteiger partial charge < -0.3 is 0 Å². The van der Waals surface area contributed by atoms with Crippen LogP contribution in [0.2, 0.25) is 10.0 Å². The van der Waals surface area contributed by atoms with Crippen LogP contribution in [-0.4, -0.2) is 5.71 Å². The van der Waals surface area contributed by atoms with Gasteiger partial charge >= 0.3 is 0 Å². The molecule has 26 heavy (non-hydrogen) atoms. The zero-order chi connectivity index (χ0) is 18.1. The Balaban J connectivity index is 1.77. The second-order valence-electron chi connectivity index (χ2n) is 6.12. The number of nitrogens with zero attached hydrogens (tertiary/aromatic N) is 2. The van der Waals surface area contributed by atoms with Gasteiger partial charge in [-0.25, -0.2) is 4.39 Å². The zero-order valence-electron chi connectivity index (χ0n) is 13.7.